The molecule has 0 unspecified atom stereocenters. The molecule has 11 heteroatoms. The van der Waals surface area contributed by atoms with Gasteiger partial charge in [-0.2, -0.15) is 4.98 Å². The second-order valence-electron chi connectivity index (χ2n) is 9.58. The van der Waals surface area contributed by atoms with Crippen LogP contribution in [0.15, 0.2) is 29.3 Å². The first kappa shape index (κ1) is 24.5. The summed E-state index contributed by atoms with van der Waals surface area (Å²) in [5, 5.41) is 7.37. The Balaban J connectivity index is 0.00000267. The molecule has 6 rings (SSSR count). The number of pyridine rings is 2. The van der Waals surface area contributed by atoms with Gasteiger partial charge in [-0.1, -0.05) is 12.8 Å². The summed E-state index contributed by atoms with van der Waals surface area (Å²) in [6, 6.07) is 4.06. The third-order valence-electron chi connectivity index (χ3n) is 7.46. The van der Waals surface area contributed by atoms with Crippen LogP contribution >= 0.6 is 12.4 Å². The minimum atomic E-state index is -0.127. The van der Waals surface area contributed by atoms with E-state index in [2.05, 4.69) is 31.6 Å². The monoisotopic (exact) mass is 510 g/mol. The van der Waals surface area contributed by atoms with Crippen LogP contribution in [-0.2, 0) is 4.79 Å². The van der Waals surface area contributed by atoms with Crippen LogP contribution in [0.5, 0.6) is 0 Å². The van der Waals surface area contributed by atoms with Crippen molar-refractivity contribution in [1.82, 2.24) is 24.8 Å². The van der Waals surface area contributed by atoms with Gasteiger partial charge in [0.05, 0.1) is 11.9 Å². The van der Waals surface area contributed by atoms with E-state index in [4.69, 9.17) is 4.98 Å². The van der Waals surface area contributed by atoms with Crippen LogP contribution < -0.4 is 26.0 Å². The number of carbonyl (C=O) groups excluding carboxylic acids is 1. The zero-order valence-corrected chi connectivity index (χ0v) is 21.2. The topological polar surface area (TPSA) is 108 Å². The van der Waals surface area contributed by atoms with Crippen molar-refractivity contribution in [3.05, 3.63) is 40.4 Å². The molecule has 36 heavy (non-hydrogen) atoms. The third kappa shape index (κ3) is 4.28. The minimum absolute atomic E-state index is 0. The normalized spacial score (nSPS) is 18.3. The standard InChI is InChI=1S/C25H30N8O2.ClH/c1-16-19-15-28-25(29-20-7-6-18(14-27-20)31-12-9-26-10-13-31)30-23(19)33(17-4-2-3-5-17)24(35)22(16)32-11-8-21(32)34;/h6-7,14-15,17,26H,2-5,8-13H2,1H3,(H,27,28,29,30);1H. The van der Waals surface area contributed by atoms with Gasteiger partial charge in [0.15, 0.2) is 0 Å². The van der Waals surface area contributed by atoms with Gasteiger partial charge in [0.25, 0.3) is 5.56 Å². The number of nitrogens with one attached hydrogen (secondary N) is 2. The molecule has 1 amide bonds. The summed E-state index contributed by atoms with van der Waals surface area (Å²) < 4.78 is 1.81. The lowest BCUT2D eigenvalue weighted by atomic mass is 10.1. The summed E-state index contributed by atoms with van der Waals surface area (Å²) in [6.45, 7) is 6.34. The van der Waals surface area contributed by atoms with Gasteiger partial charge < -0.3 is 20.4 Å². The molecule has 0 radical (unpaired) electrons. The number of aromatic nitrogens is 4. The van der Waals surface area contributed by atoms with E-state index in [-0.39, 0.29) is 29.9 Å². The fraction of sp³-hybridized carbons (Fsp3) is 0.480. The lowest BCUT2D eigenvalue weighted by molar-refractivity contribution is -0.122. The van der Waals surface area contributed by atoms with Crippen LogP contribution in [0.2, 0.25) is 0 Å². The number of carbonyl (C=O) groups is 1. The van der Waals surface area contributed by atoms with Gasteiger partial charge in [-0.15, -0.1) is 12.4 Å². The van der Waals surface area contributed by atoms with Crippen molar-refractivity contribution in [2.24, 2.45) is 0 Å². The summed E-state index contributed by atoms with van der Waals surface area (Å²) in [4.78, 5) is 43.7. The zero-order valence-electron chi connectivity index (χ0n) is 20.4. The molecule has 10 nitrogen and oxygen atoms in total. The first-order chi connectivity index (χ1) is 17.1. The summed E-state index contributed by atoms with van der Waals surface area (Å²) in [5.74, 6) is 1.05. The lowest BCUT2D eigenvalue weighted by Crippen LogP contribution is -2.47. The van der Waals surface area contributed by atoms with Crippen molar-refractivity contribution in [3.8, 4) is 0 Å². The molecule has 190 valence electrons. The first-order valence-corrected chi connectivity index (χ1v) is 12.5. The van der Waals surface area contributed by atoms with Gasteiger partial charge in [0.1, 0.15) is 17.2 Å². The molecule has 5 heterocycles. The largest absolute Gasteiger partial charge is 0.368 e. The highest BCUT2D eigenvalue weighted by molar-refractivity contribution is 6.01. The number of rotatable bonds is 5. The molecule has 3 aliphatic rings. The molecule has 0 aromatic carbocycles. The number of anilines is 4. The Morgan fingerprint density at radius 1 is 1.03 bits per heavy atom. The second kappa shape index (κ2) is 10.0. The molecule has 3 fully saturated rings. The third-order valence-corrected chi connectivity index (χ3v) is 7.46. The van der Waals surface area contributed by atoms with Crippen LogP contribution in [0.4, 0.5) is 23.1 Å². The van der Waals surface area contributed by atoms with Gasteiger partial charge in [-0.25, -0.2) is 9.97 Å². The quantitative estimate of drug-likeness (QED) is 0.504. The maximum absolute atomic E-state index is 13.7. The number of nitrogens with zero attached hydrogens (tertiary/aromatic N) is 6. The molecule has 2 aliphatic heterocycles. The predicted molar refractivity (Wildman–Crippen MR) is 143 cm³/mol. The molecule has 1 aliphatic carbocycles. The van der Waals surface area contributed by atoms with Gasteiger partial charge in [0.2, 0.25) is 11.9 Å². The Labute approximate surface area is 215 Å². The predicted octanol–water partition coefficient (Wildman–Crippen LogP) is 2.92. The van der Waals surface area contributed by atoms with E-state index in [9.17, 15) is 9.59 Å². The average Bonchev–Trinajstić information content (AvgIpc) is 3.41. The number of halogens is 1. The Hall–Kier alpha value is -3.24. The maximum Gasteiger partial charge on any atom is 0.276 e. The van der Waals surface area contributed by atoms with Crippen molar-refractivity contribution in [2.75, 3.05) is 47.8 Å². The molecule has 2 N–H and O–H groups in total. The van der Waals surface area contributed by atoms with Gasteiger partial charge in [0, 0.05) is 56.8 Å². The smallest absolute Gasteiger partial charge is 0.276 e. The number of β-lactam (4-membered cyclic amide) rings is 1. The van der Waals surface area contributed by atoms with Crippen LogP contribution in [0, 0.1) is 6.92 Å². The highest BCUT2D eigenvalue weighted by Gasteiger charge is 2.32. The number of aryl methyl sites for hydroxylation is 1. The average molecular weight is 511 g/mol. The first-order valence-electron chi connectivity index (χ1n) is 12.5. The molecule has 3 aromatic rings. The highest BCUT2D eigenvalue weighted by Crippen LogP contribution is 2.34. The fourth-order valence-electron chi connectivity index (χ4n) is 5.43. The van der Waals surface area contributed by atoms with Crippen molar-refractivity contribution in [3.63, 3.8) is 0 Å². The number of hydrogen-bond donors (Lipinski definition) is 2. The number of piperazine rings is 1. The fourth-order valence-corrected chi connectivity index (χ4v) is 5.43. The van der Waals surface area contributed by atoms with Crippen molar-refractivity contribution < 1.29 is 4.79 Å². The van der Waals surface area contributed by atoms with Crippen LogP contribution in [-0.4, -0.2) is 58.1 Å². The van der Waals surface area contributed by atoms with Crippen molar-refractivity contribution >= 4 is 52.5 Å². The molecule has 0 atom stereocenters. The molecule has 0 spiro atoms. The van der Waals surface area contributed by atoms with E-state index in [1.165, 1.54) is 0 Å². The van der Waals surface area contributed by atoms with E-state index < -0.39 is 0 Å². The lowest BCUT2D eigenvalue weighted by Gasteiger charge is -2.32. The summed E-state index contributed by atoms with van der Waals surface area (Å²) >= 11 is 0. The van der Waals surface area contributed by atoms with Crippen molar-refractivity contribution in [1.29, 1.82) is 0 Å². The van der Waals surface area contributed by atoms with Crippen LogP contribution in [0.1, 0.15) is 43.7 Å². The number of amides is 1. The van der Waals surface area contributed by atoms with E-state index in [0.29, 0.717) is 36.1 Å². The Morgan fingerprint density at radius 2 is 1.81 bits per heavy atom. The maximum atomic E-state index is 13.7. The SMILES string of the molecule is Cc1c(N2CCC2=O)c(=O)n(C2CCCC2)c2nc(Nc3ccc(N4CCNCC4)cn3)ncc12.Cl. The number of fused-ring (bicyclic) bond motifs is 1. The summed E-state index contributed by atoms with van der Waals surface area (Å²) in [6.07, 6.45) is 8.16. The Bertz CT molecular complexity index is 1330. The summed E-state index contributed by atoms with van der Waals surface area (Å²) in [7, 11) is 0. The molecule has 3 aromatic heterocycles. The summed E-state index contributed by atoms with van der Waals surface area (Å²) in [5.41, 5.74) is 2.83. The molecule has 2 saturated heterocycles. The second-order valence-corrected chi connectivity index (χ2v) is 9.58. The Kier molecular flexibility index (Phi) is 6.81. The van der Waals surface area contributed by atoms with E-state index in [0.717, 1.165) is 68.5 Å². The number of hydrogen-bond acceptors (Lipinski definition) is 8. The molecular weight excluding hydrogens is 480 g/mol. The van der Waals surface area contributed by atoms with Crippen LogP contribution in [0.25, 0.3) is 11.0 Å². The van der Waals surface area contributed by atoms with Crippen LogP contribution in [0.3, 0.4) is 0 Å². The molecule has 1 saturated carbocycles. The zero-order chi connectivity index (χ0) is 23.9. The van der Waals surface area contributed by atoms with E-state index in [1.54, 1.807) is 11.1 Å². The van der Waals surface area contributed by atoms with Gasteiger partial charge in [-0.3, -0.25) is 14.2 Å². The molecular formula is C25H31ClN8O2. The van der Waals surface area contributed by atoms with Gasteiger partial charge in [-0.05, 0) is 37.5 Å². The van der Waals surface area contributed by atoms with E-state index in [1.807, 2.05) is 23.8 Å². The van der Waals surface area contributed by atoms with E-state index >= 15 is 0 Å². The minimum Gasteiger partial charge on any atom is -0.368 e. The molecule has 0 bridgehead atoms. The Morgan fingerprint density at radius 3 is 2.44 bits per heavy atom. The van der Waals surface area contributed by atoms with Crippen molar-refractivity contribution in [2.45, 2.75) is 45.1 Å². The van der Waals surface area contributed by atoms with Gasteiger partial charge >= 0.3 is 0 Å². The highest BCUT2D eigenvalue weighted by atomic mass is 35.5.